The van der Waals surface area contributed by atoms with E-state index in [0.717, 1.165) is 25.7 Å². The summed E-state index contributed by atoms with van der Waals surface area (Å²) < 4.78 is 0. The lowest BCUT2D eigenvalue weighted by atomic mass is 9.64. The Balaban J connectivity index is 2.01. The van der Waals surface area contributed by atoms with E-state index in [1.54, 1.807) is 24.3 Å². The number of rotatable bonds is 6. The van der Waals surface area contributed by atoms with Crippen LogP contribution in [-0.4, -0.2) is 27.7 Å². The van der Waals surface area contributed by atoms with Crippen molar-refractivity contribution < 1.29 is 14.6 Å². The van der Waals surface area contributed by atoms with Crippen molar-refractivity contribution in [3.05, 3.63) is 56.1 Å². The van der Waals surface area contributed by atoms with E-state index in [0.29, 0.717) is 31.2 Å². The van der Waals surface area contributed by atoms with Crippen LogP contribution >= 0.6 is 0 Å². The molecule has 0 spiro atoms. The Morgan fingerprint density at radius 3 is 1.70 bits per heavy atom. The van der Waals surface area contributed by atoms with E-state index in [2.05, 4.69) is 0 Å². The van der Waals surface area contributed by atoms with Crippen LogP contribution in [0.5, 0.6) is 0 Å². The summed E-state index contributed by atoms with van der Waals surface area (Å²) in [5.74, 6) is -1.66. The molecule has 4 atom stereocenters. The summed E-state index contributed by atoms with van der Waals surface area (Å²) in [5.41, 5.74) is 0.503. The number of Topliss-reactive ketones (excluding diaryl/α,β-unsaturated/α-hetero) is 1. The van der Waals surface area contributed by atoms with Crippen molar-refractivity contribution in [3.8, 4) is 0 Å². The van der Waals surface area contributed by atoms with E-state index in [-0.39, 0.29) is 15.6 Å². The highest BCUT2D eigenvalue weighted by atomic mass is 16.6. The zero-order valence-corrected chi connectivity index (χ0v) is 15.4. The summed E-state index contributed by atoms with van der Waals surface area (Å²) in [5, 5.41) is 23.4. The molecule has 7 heteroatoms. The van der Waals surface area contributed by atoms with Crippen molar-refractivity contribution in [1.82, 2.24) is 0 Å². The average Bonchev–Trinajstić information content (AvgIpc) is 2.69. The predicted molar refractivity (Wildman–Crippen MR) is 99.7 cm³/mol. The Morgan fingerprint density at radius 2 is 1.26 bits per heavy atom. The Labute approximate surface area is 158 Å². The number of ketones is 1. The summed E-state index contributed by atoms with van der Waals surface area (Å²) in [7, 11) is 0. The quantitative estimate of drug-likeness (QED) is 0.422. The van der Waals surface area contributed by atoms with Crippen LogP contribution < -0.4 is 0 Å². The number of hydrogen-bond donors (Lipinski definition) is 0. The van der Waals surface area contributed by atoms with Gasteiger partial charge in [0.15, 0.2) is 5.78 Å². The highest BCUT2D eigenvalue weighted by Gasteiger charge is 2.50. The number of nitro groups is 2. The lowest BCUT2D eigenvalue weighted by Crippen LogP contribution is -2.48. The molecule has 0 N–H and O–H groups in total. The molecule has 4 unspecified atom stereocenters. The molecule has 27 heavy (non-hydrogen) atoms. The molecule has 2 aliphatic carbocycles. The summed E-state index contributed by atoms with van der Waals surface area (Å²) in [6, 6.07) is 7.19. The molecule has 146 valence electrons. The molecular weight excluding hydrogens is 348 g/mol. The first kappa shape index (κ1) is 19.5. The third-order valence-electron chi connectivity index (χ3n) is 6.39. The number of carbonyl (C=O) groups is 1. The first-order valence-corrected chi connectivity index (χ1v) is 9.87. The van der Waals surface area contributed by atoms with Crippen molar-refractivity contribution >= 4 is 5.78 Å². The van der Waals surface area contributed by atoms with E-state index >= 15 is 0 Å². The molecule has 2 aliphatic rings. The van der Waals surface area contributed by atoms with E-state index in [9.17, 15) is 25.0 Å². The van der Waals surface area contributed by atoms with Crippen LogP contribution in [0.4, 0.5) is 0 Å². The SMILES string of the molecule is O=C(c1ccccc1)C(C1CCCCC1[N+](=O)[O-])C1CCCCC1[N+](=O)[O-]. The van der Waals surface area contributed by atoms with Crippen molar-refractivity contribution in [2.24, 2.45) is 17.8 Å². The molecule has 0 saturated heterocycles. The van der Waals surface area contributed by atoms with Gasteiger partial charge in [0.05, 0.1) is 0 Å². The largest absolute Gasteiger partial charge is 0.294 e. The third kappa shape index (κ3) is 4.17. The van der Waals surface area contributed by atoms with E-state index in [1.807, 2.05) is 6.07 Å². The minimum Gasteiger partial charge on any atom is -0.294 e. The van der Waals surface area contributed by atoms with Crippen molar-refractivity contribution in [1.29, 1.82) is 0 Å². The zero-order chi connectivity index (χ0) is 19.4. The van der Waals surface area contributed by atoms with Gasteiger partial charge in [-0.05, 0) is 25.7 Å². The fourth-order valence-corrected chi connectivity index (χ4v) is 5.14. The second-order valence-electron chi connectivity index (χ2n) is 7.86. The molecule has 2 saturated carbocycles. The number of carbonyl (C=O) groups excluding carboxylic acids is 1. The molecule has 0 heterocycles. The lowest BCUT2D eigenvalue weighted by Gasteiger charge is -2.38. The van der Waals surface area contributed by atoms with Gasteiger partial charge in [0.25, 0.3) is 0 Å². The van der Waals surface area contributed by atoms with Crippen LogP contribution in [0, 0.1) is 38.0 Å². The molecule has 1 aromatic rings. The third-order valence-corrected chi connectivity index (χ3v) is 6.39. The van der Waals surface area contributed by atoms with Crippen LogP contribution in [0.1, 0.15) is 61.7 Å². The Morgan fingerprint density at radius 1 is 0.815 bits per heavy atom. The minimum absolute atomic E-state index is 0.159. The maximum atomic E-state index is 13.4. The second kappa shape index (κ2) is 8.59. The Bertz CT molecular complexity index is 659. The highest BCUT2D eigenvalue weighted by Crippen LogP contribution is 2.43. The number of hydrogen-bond acceptors (Lipinski definition) is 5. The average molecular weight is 374 g/mol. The van der Waals surface area contributed by atoms with Gasteiger partial charge in [0, 0.05) is 46.0 Å². The molecule has 0 bridgehead atoms. The molecule has 7 nitrogen and oxygen atoms in total. The molecule has 0 amide bonds. The van der Waals surface area contributed by atoms with Gasteiger partial charge >= 0.3 is 0 Å². The fourth-order valence-electron chi connectivity index (χ4n) is 5.14. The molecule has 3 rings (SSSR count). The molecular formula is C20H26N2O5. The van der Waals surface area contributed by atoms with E-state index in [4.69, 9.17) is 0 Å². The van der Waals surface area contributed by atoms with Crippen LogP contribution in [0.25, 0.3) is 0 Å². The maximum Gasteiger partial charge on any atom is 0.216 e. The smallest absolute Gasteiger partial charge is 0.216 e. The van der Waals surface area contributed by atoms with Crippen LogP contribution in [0.15, 0.2) is 30.3 Å². The predicted octanol–water partition coefficient (Wildman–Crippen LogP) is 4.16. The summed E-state index contributed by atoms with van der Waals surface area (Å²) in [6.07, 6.45) is 5.31. The fraction of sp³-hybridized carbons (Fsp3) is 0.650. The minimum atomic E-state index is -0.786. The van der Waals surface area contributed by atoms with Crippen LogP contribution in [0.3, 0.4) is 0 Å². The van der Waals surface area contributed by atoms with Gasteiger partial charge in [-0.2, -0.15) is 0 Å². The van der Waals surface area contributed by atoms with Gasteiger partial charge in [-0.1, -0.05) is 43.2 Å². The topological polar surface area (TPSA) is 103 Å². The molecule has 2 fully saturated rings. The first-order valence-electron chi connectivity index (χ1n) is 9.87. The summed E-state index contributed by atoms with van der Waals surface area (Å²) >= 11 is 0. The lowest BCUT2D eigenvalue weighted by molar-refractivity contribution is -0.547. The molecule has 1 aromatic carbocycles. The van der Waals surface area contributed by atoms with Gasteiger partial charge in [-0.3, -0.25) is 25.0 Å². The van der Waals surface area contributed by atoms with Gasteiger partial charge in [0.1, 0.15) is 0 Å². The molecule has 0 aliphatic heterocycles. The molecule has 0 aromatic heterocycles. The normalized spacial score (nSPS) is 29.6. The van der Waals surface area contributed by atoms with Crippen molar-refractivity contribution in [2.75, 3.05) is 0 Å². The molecule has 0 radical (unpaired) electrons. The van der Waals surface area contributed by atoms with Gasteiger partial charge < -0.3 is 0 Å². The van der Waals surface area contributed by atoms with Crippen molar-refractivity contribution in [3.63, 3.8) is 0 Å². The standard InChI is InChI=1S/C20H26N2O5/c23-20(14-8-2-1-3-9-14)19(15-10-4-6-12-17(15)21(24)25)16-11-5-7-13-18(16)22(26)27/h1-3,8-9,15-19H,4-7,10-13H2. The second-order valence-corrected chi connectivity index (χ2v) is 7.86. The van der Waals surface area contributed by atoms with Crippen LogP contribution in [0.2, 0.25) is 0 Å². The first-order chi connectivity index (χ1) is 13.0. The Hall–Kier alpha value is -2.31. The van der Waals surface area contributed by atoms with Gasteiger partial charge in [0.2, 0.25) is 12.1 Å². The summed E-state index contributed by atoms with van der Waals surface area (Å²) in [4.78, 5) is 36.3. The highest BCUT2D eigenvalue weighted by molar-refractivity contribution is 5.98. The summed E-state index contributed by atoms with van der Waals surface area (Å²) in [6.45, 7) is 0. The van der Waals surface area contributed by atoms with Gasteiger partial charge in [-0.15, -0.1) is 0 Å². The number of nitrogens with zero attached hydrogens (tertiary/aromatic N) is 2. The monoisotopic (exact) mass is 374 g/mol. The maximum absolute atomic E-state index is 13.4. The van der Waals surface area contributed by atoms with E-state index < -0.39 is 29.8 Å². The number of benzene rings is 1. The van der Waals surface area contributed by atoms with Gasteiger partial charge in [-0.25, -0.2) is 0 Å². The van der Waals surface area contributed by atoms with E-state index in [1.165, 1.54) is 0 Å². The van der Waals surface area contributed by atoms with Crippen molar-refractivity contribution in [2.45, 2.75) is 63.5 Å². The van der Waals surface area contributed by atoms with Crippen LogP contribution in [-0.2, 0) is 0 Å². The zero-order valence-electron chi connectivity index (χ0n) is 15.4. The Kier molecular flexibility index (Phi) is 6.19.